The first-order chi connectivity index (χ1) is 6.57. The summed E-state index contributed by atoms with van der Waals surface area (Å²) in [4.78, 5) is 0. The molecule has 14 heavy (non-hydrogen) atoms. The number of ether oxygens (including phenoxy) is 1. The molecule has 0 fully saturated rings. The Labute approximate surface area is 88.8 Å². The molecule has 78 valence electrons. The predicted molar refractivity (Wildman–Crippen MR) is 56.7 cm³/mol. The van der Waals surface area contributed by atoms with Crippen LogP contribution in [-0.4, -0.2) is 6.61 Å². The van der Waals surface area contributed by atoms with E-state index in [9.17, 15) is 4.39 Å². The maximum atomic E-state index is 13.4. The van der Waals surface area contributed by atoms with Crippen molar-refractivity contribution in [1.82, 2.24) is 0 Å². The molecule has 0 aliphatic rings. The van der Waals surface area contributed by atoms with Gasteiger partial charge in [0.1, 0.15) is 11.6 Å². The highest BCUT2D eigenvalue weighted by molar-refractivity contribution is 6.32. The van der Waals surface area contributed by atoms with E-state index < -0.39 is 0 Å². The van der Waals surface area contributed by atoms with Gasteiger partial charge in [-0.3, -0.25) is 0 Å². The molecule has 0 unspecified atom stereocenters. The van der Waals surface area contributed by atoms with Crippen molar-refractivity contribution < 1.29 is 9.13 Å². The zero-order chi connectivity index (χ0) is 10.7. The van der Waals surface area contributed by atoms with E-state index in [1.54, 1.807) is 6.07 Å². The Morgan fingerprint density at radius 3 is 2.57 bits per heavy atom. The van der Waals surface area contributed by atoms with Crippen LogP contribution in [0.15, 0.2) is 12.1 Å². The predicted octanol–water partition coefficient (Wildman–Crippen LogP) is 4.00. The van der Waals surface area contributed by atoms with Crippen molar-refractivity contribution >= 4 is 11.6 Å². The van der Waals surface area contributed by atoms with Gasteiger partial charge >= 0.3 is 0 Å². The highest BCUT2D eigenvalue weighted by Gasteiger charge is 2.15. The number of halogens is 2. The van der Waals surface area contributed by atoms with Crippen molar-refractivity contribution in [1.29, 1.82) is 0 Å². The van der Waals surface area contributed by atoms with E-state index in [1.807, 2.05) is 20.8 Å². The van der Waals surface area contributed by atoms with Gasteiger partial charge in [0.25, 0.3) is 0 Å². The molecule has 0 aliphatic carbocycles. The van der Waals surface area contributed by atoms with Gasteiger partial charge in [-0.15, -0.1) is 0 Å². The Bertz CT molecular complexity index is 323. The average molecular weight is 217 g/mol. The lowest BCUT2D eigenvalue weighted by molar-refractivity contribution is 0.339. The lowest BCUT2D eigenvalue weighted by Gasteiger charge is -2.13. The first kappa shape index (κ1) is 11.3. The summed E-state index contributed by atoms with van der Waals surface area (Å²) in [5.41, 5.74) is 0.526. The van der Waals surface area contributed by atoms with E-state index in [2.05, 4.69) is 0 Å². The number of benzene rings is 1. The molecule has 0 aliphatic heterocycles. The molecule has 1 aromatic rings. The second-order valence-corrected chi connectivity index (χ2v) is 3.74. The van der Waals surface area contributed by atoms with E-state index in [1.165, 1.54) is 6.07 Å². The minimum absolute atomic E-state index is 0.0582. The quantitative estimate of drug-likeness (QED) is 0.742. The van der Waals surface area contributed by atoms with E-state index in [4.69, 9.17) is 16.3 Å². The summed E-state index contributed by atoms with van der Waals surface area (Å²) in [6.07, 6.45) is 0. The van der Waals surface area contributed by atoms with Crippen molar-refractivity contribution in [3.8, 4) is 5.75 Å². The van der Waals surface area contributed by atoms with E-state index >= 15 is 0 Å². The van der Waals surface area contributed by atoms with E-state index in [0.717, 1.165) is 0 Å². The second kappa shape index (κ2) is 4.65. The van der Waals surface area contributed by atoms with Crippen LogP contribution < -0.4 is 4.74 Å². The molecule has 0 aromatic heterocycles. The van der Waals surface area contributed by atoms with Crippen molar-refractivity contribution in [2.45, 2.75) is 26.7 Å². The fourth-order valence-corrected chi connectivity index (χ4v) is 1.77. The van der Waals surface area contributed by atoms with E-state index in [-0.39, 0.29) is 11.7 Å². The number of hydrogen-bond acceptors (Lipinski definition) is 1. The van der Waals surface area contributed by atoms with Crippen molar-refractivity contribution in [3.05, 3.63) is 28.5 Å². The molecule has 0 amide bonds. The van der Waals surface area contributed by atoms with Crippen LogP contribution in [0.2, 0.25) is 5.02 Å². The summed E-state index contributed by atoms with van der Waals surface area (Å²) in [5.74, 6) is 0.343. The standard InChI is InChI=1S/C11H14ClFO/c1-4-14-9-6-5-8(13)10(7(2)3)11(9)12/h5-7H,4H2,1-3H3. The van der Waals surface area contributed by atoms with Crippen LogP contribution >= 0.6 is 11.6 Å². The maximum Gasteiger partial charge on any atom is 0.138 e. The summed E-state index contributed by atoms with van der Waals surface area (Å²) in [6.45, 7) is 6.21. The first-order valence-electron chi connectivity index (χ1n) is 4.68. The second-order valence-electron chi connectivity index (χ2n) is 3.36. The Kier molecular flexibility index (Phi) is 3.76. The highest BCUT2D eigenvalue weighted by atomic mass is 35.5. The molecule has 0 spiro atoms. The molecule has 1 nitrogen and oxygen atoms in total. The van der Waals surface area contributed by atoms with Gasteiger partial charge in [-0.2, -0.15) is 0 Å². The number of hydrogen-bond donors (Lipinski definition) is 0. The Hall–Kier alpha value is -0.760. The third kappa shape index (κ3) is 2.18. The topological polar surface area (TPSA) is 9.23 Å². The van der Waals surface area contributed by atoms with Crippen molar-refractivity contribution in [3.63, 3.8) is 0 Å². The molecule has 0 heterocycles. The van der Waals surface area contributed by atoms with Gasteiger partial charge in [-0.25, -0.2) is 4.39 Å². The normalized spacial score (nSPS) is 10.7. The molecule has 1 aromatic carbocycles. The first-order valence-corrected chi connectivity index (χ1v) is 5.06. The van der Waals surface area contributed by atoms with Gasteiger partial charge in [0.15, 0.2) is 0 Å². The van der Waals surface area contributed by atoms with Gasteiger partial charge < -0.3 is 4.74 Å². The Morgan fingerprint density at radius 2 is 2.07 bits per heavy atom. The molecule has 1 rings (SSSR count). The molecule has 0 radical (unpaired) electrons. The molecule has 0 N–H and O–H groups in total. The van der Waals surface area contributed by atoms with E-state index in [0.29, 0.717) is 22.9 Å². The monoisotopic (exact) mass is 216 g/mol. The van der Waals surface area contributed by atoms with Crippen LogP contribution in [0.3, 0.4) is 0 Å². The third-order valence-corrected chi connectivity index (χ3v) is 2.36. The molecular weight excluding hydrogens is 203 g/mol. The van der Waals surface area contributed by atoms with Crippen LogP contribution in [0.4, 0.5) is 4.39 Å². The van der Waals surface area contributed by atoms with Crippen LogP contribution in [0.5, 0.6) is 5.75 Å². The summed E-state index contributed by atoms with van der Waals surface area (Å²) in [5, 5.41) is 0.391. The zero-order valence-electron chi connectivity index (χ0n) is 8.60. The minimum atomic E-state index is -0.270. The van der Waals surface area contributed by atoms with Gasteiger partial charge in [-0.1, -0.05) is 25.4 Å². The molecule has 0 atom stereocenters. The lowest BCUT2D eigenvalue weighted by Crippen LogP contribution is -1.99. The van der Waals surface area contributed by atoms with Crippen LogP contribution in [-0.2, 0) is 0 Å². The molecule has 0 bridgehead atoms. The number of rotatable bonds is 3. The SMILES string of the molecule is CCOc1ccc(F)c(C(C)C)c1Cl. The molecular formula is C11H14ClFO. The largest absolute Gasteiger partial charge is 0.492 e. The summed E-state index contributed by atoms with van der Waals surface area (Å²) >= 11 is 6.02. The Balaban J connectivity index is 3.19. The highest BCUT2D eigenvalue weighted by Crippen LogP contribution is 2.34. The summed E-state index contributed by atoms with van der Waals surface area (Å²) < 4.78 is 18.7. The lowest BCUT2D eigenvalue weighted by atomic mass is 10.0. The third-order valence-electron chi connectivity index (χ3n) is 1.97. The summed E-state index contributed by atoms with van der Waals surface area (Å²) in [6, 6.07) is 2.96. The van der Waals surface area contributed by atoms with Gasteiger partial charge in [0.2, 0.25) is 0 Å². The molecule has 0 saturated carbocycles. The minimum Gasteiger partial charge on any atom is -0.492 e. The van der Waals surface area contributed by atoms with Gasteiger partial charge in [-0.05, 0) is 25.0 Å². The van der Waals surface area contributed by atoms with Crippen LogP contribution in [0.1, 0.15) is 32.3 Å². The summed E-state index contributed by atoms with van der Waals surface area (Å²) in [7, 11) is 0. The van der Waals surface area contributed by atoms with Crippen molar-refractivity contribution in [2.75, 3.05) is 6.61 Å². The Morgan fingerprint density at radius 1 is 1.43 bits per heavy atom. The average Bonchev–Trinajstić information content (AvgIpc) is 2.10. The molecule has 0 saturated heterocycles. The maximum absolute atomic E-state index is 13.4. The zero-order valence-corrected chi connectivity index (χ0v) is 9.36. The van der Waals surface area contributed by atoms with Crippen molar-refractivity contribution in [2.24, 2.45) is 0 Å². The fraction of sp³-hybridized carbons (Fsp3) is 0.455. The van der Waals surface area contributed by atoms with Gasteiger partial charge in [0, 0.05) is 5.56 Å². The fourth-order valence-electron chi connectivity index (χ4n) is 1.35. The smallest absolute Gasteiger partial charge is 0.138 e. The van der Waals surface area contributed by atoms with Gasteiger partial charge in [0.05, 0.1) is 11.6 Å². The van der Waals surface area contributed by atoms with Crippen LogP contribution in [0, 0.1) is 5.82 Å². The van der Waals surface area contributed by atoms with Crippen LogP contribution in [0.25, 0.3) is 0 Å². The molecule has 3 heteroatoms.